The zero-order valence-electron chi connectivity index (χ0n) is 38.3. The molecule has 1 nitrogen and oxygen atoms in total. The van der Waals surface area contributed by atoms with Crippen LogP contribution in [0.5, 0.6) is 0 Å². The topological polar surface area (TPSA) is 3.24 Å². The van der Waals surface area contributed by atoms with Gasteiger partial charge in [0.15, 0.2) is 0 Å². The highest BCUT2D eigenvalue weighted by Gasteiger charge is 2.42. The molecule has 0 fully saturated rings. The first-order valence-electron chi connectivity index (χ1n) is 20.8. The maximum absolute atomic E-state index is 2.70. The van der Waals surface area contributed by atoms with Gasteiger partial charge in [-0.15, -0.1) is 0 Å². The maximum atomic E-state index is 2.70. The lowest BCUT2D eigenvalue weighted by Gasteiger charge is -2.38. The minimum Gasteiger partial charge on any atom is -0.309 e. The van der Waals surface area contributed by atoms with Gasteiger partial charge in [-0.1, -0.05) is 44.2 Å². The molecular weight excluding hydrogens is 675 g/mol. The van der Waals surface area contributed by atoms with Gasteiger partial charge in [-0.3, -0.25) is 0 Å². The minimum atomic E-state index is -0.120. The summed E-state index contributed by atoms with van der Waals surface area (Å²) in [4.78, 5) is 2.70. The molecule has 0 bridgehead atoms. The van der Waals surface area contributed by atoms with Crippen LogP contribution in [0.1, 0.15) is 125 Å². The van der Waals surface area contributed by atoms with Gasteiger partial charge in [0.1, 0.15) is 0 Å². The largest absolute Gasteiger partial charge is 0.309 e. The smallest absolute Gasteiger partial charge is 0.0526 e. The summed E-state index contributed by atoms with van der Waals surface area (Å²) in [6.45, 7) is 47.1. The van der Waals surface area contributed by atoms with Crippen molar-refractivity contribution in [2.45, 2.75) is 144 Å². The number of rotatable bonds is 4. The molecule has 0 atom stereocenters. The Kier molecular flexibility index (Phi) is 9.35. The van der Waals surface area contributed by atoms with E-state index in [0.29, 0.717) is 0 Å². The average Bonchev–Trinajstić information content (AvgIpc) is 3.42. The predicted molar refractivity (Wildman–Crippen MR) is 247 cm³/mol. The van der Waals surface area contributed by atoms with Gasteiger partial charge in [-0.25, -0.2) is 0 Å². The number of hydrogen-bond donors (Lipinski definition) is 0. The van der Waals surface area contributed by atoms with E-state index in [0.717, 1.165) is 0 Å². The number of hydrogen-bond acceptors (Lipinski definition) is 1. The second-order valence-corrected chi connectivity index (χ2v) is 18.3. The van der Waals surface area contributed by atoms with Crippen LogP contribution in [0.2, 0.25) is 0 Å². The van der Waals surface area contributed by atoms with E-state index in [1.807, 2.05) is 0 Å². The van der Waals surface area contributed by atoms with Gasteiger partial charge in [0.25, 0.3) is 0 Å². The van der Waals surface area contributed by atoms with Gasteiger partial charge in [0, 0.05) is 5.41 Å². The van der Waals surface area contributed by atoms with Crippen LogP contribution >= 0.6 is 0 Å². The number of benzene rings is 6. The van der Waals surface area contributed by atoms with Gasteiger partial charge in [0.2, 0.25) is 0 Å². The zero-order chi connectivity index (χ0) is 41.4. The van der Waals surface area contributed by atoms with Crippen molar-refractivity contribution >= 4 is 27.8 Å². The van der Waals surface area contributed by atoms with Crippen molar-refractivity contribution in [1.29, 1.82) is 0 Å². The second kappa shape index (κ2) is 13.2. The lowest BCUT2D eigenvalue weighted by Crippen LogP contribution is -2.21. The van der Waals surface area contributed by atoms with Gasteiger partial charge < -0.3 is 4.90 Å². The Bertz CT molecular complexity index is 2570. The summed E-state index contributed by atoms with van der Waals surface area (Å²) in [5.74, 6) is 0. The summed E-state index contributed by atoms with van der Waals surface area (Å²) < 4.78 is 0. The zero-order valence-corrected chi connectivity index (χ0v) is 38.3. The highest BCUT2D eigenvalue weighted by Crippen LogP contribution is 2.59. The van der Waals surface area contributed by atoms with Crippen LogP contribution in [0.25, 0.3) is 33.0 Å². The van der Waals surface area contributed by atoms with Crippen LogP contribution in [0.3, 0.4) is 0 Å². The summed E-state index contributed by atoms with van der Waals surface area (Å²) in [5, 5.41) is 2.73. The third kappa shape index (κ3) is 5.11. The number of anilines is 3. The van der Waals surface area contributed by atoms with Crippen LogP contribution in [-0.4, -0.2) is 0 Å². The monoisotopic (exact) mass is 740 g/mol. The third-order valence-corrected chi connectivity index (χ3v) is 15.4. The van der Waals surface area contributed by atoms with E-state index in [1.165, 1.54) is 161 Å². The molecule has 1 aliphatic carbocycles. The molecule has 56 heavy (non-hydrogen) atoms. The van der Waals surface area contributed by atoms with E-state index in [1.54, 1.807) is 0 Å². The Labute approximate surface area is 339 Å². The first-order chi connectivity index (χ1) is 26.1. The highest BCUT2D eigenvalue weighted by atomic mass is 15.2. The van der Waals surface area contributed by atoms with Gasteiger partial charge >= 0.3 is 0 Å². The highest BCUT2D eigenvalue weighted by molar-refractivity contribution is 6.12. The quantitative estimate of drug-likeness (QED) is 0.174. The third-order valence-electron chi connectivity index (χ3n) is 15.4. The molecule has 0 saturated heterocycles. The molecule has 0 amide bonds. The van der Waals surface area contributed by atoms with Gasteiger partial charge in [0.05, 0.1) is 17.1 Å². The number of fused-ring (bicyclic) bond motifs is 5. The Balaban J connectivity index is 1.64. The van der Waals surface area contributed by atoms with Crippen molar-refractivity contribution in [2.24, 2.45) is 0 Å². The first kappa shape index (κ1) is 39.6. The molecule has 6 aromatic rings. The van der Waals surface area contributed by atoms with Crippen LogP contribution in [0.15, 0.2) is 30.3 Å². The molecule has 1 aliphatic rings. The summed E-state index contributed by atoms with van der Waals surface area (Å²) >= 11 is 0. The summed E-state index contributed by atoms with van der Waals surface area (Å²) in [5.41, 5.74) is 37.4. The lowest BCUT2D eigenvalue weighted by molar-refractivity contribution is 0.651. The fourth-order valence-electron chi connectivity index (χ4n) is 11.2. The molecule has 0 aliphatic heterocycles. The molecule has 1 heteroatoms. The number of nitrogens with zero attached hydrogens (tertiary/aromatic N) is 1. The van der Waals surface area contributed by atoms with Crippen LogP contribution in [0, 0.1) is 125 Å². The summed E-state index contributed by atoms with van der Waals surface area (Å²) in [6, 6.07) is 11.7. The van der Waals surface area contributed by atoms with E-state index in [2.05, 4.69) is 174 Å². The lowest BCUT2D eigenvalue weighted by atomic mass is 9.75. The molecule has 0 radical (unpaired) electrons. The second-order valence-electron chi connectivity index (χ2n) is 18.3. The van der Waals surface area contributed by atoms with E-state index >= 15 is 0 Å². The molecule has 290 valence electrons. The predicted octanol–water partition coefficient (Wildman–Crippen LogP) is 15.8. The van der Waals surface area contributed by atoms with E-state index in [9.17, 15) is 0 Å². The van der Waals surface area contributed by atoms with Crippen molar-refractivity contribution in [3.05, 3.63) is 142 Å². The van der Waals surface area contributed by atoms with Crippen molar-refractivity contribution in [3.63, 3.8) is 0 Å². The molecular formula is C55H65N. The molecule has 0 unspecified atom stereocenters. The molecule has 0 heterocycles. The molecule has 7 rings (SSSR count). The Hall–Kier alpha value is -4.62. The summed E-state index contributed by atoms with van der Waals surface area (Å²) in [6.07, 6.45) is 0. The molecule has 0 saturated carbocycles. The minimum absolute atomic E-state index is 0.120. The molecule has 0 aromatic heterocycles. The van der Waals surface area contributed by atoms with Crippen LogP contribution < -0.4 is 4.90 Å². The van der Waals surface area contributed by atoms with Crippen molar-refractivity contribution in [3.8, 4) is 22.3 Å². The van der Waals surface area contributed by atoms with E-state index < -0.39 is 0 Å². The molecule has 6 aromatic carbocycles. The maximum Gasteiger partial charge on any atom is 0.0526 e. The fourth-order valence-corrected chi connectivity index (χ4v) is 11.2. The Morgan fingerprint density at radius 2 is 0.679 bits per heavy atom. The van der Waals surface area contributed by atoms with E-state index in [-0.39, 0.29) is 5.41 Å². The van der Waals surface area contributed by atoms with Crippen LogP contribution in [0.4, 0.5) is 17.1 Å². The SMILES string of the molecule is Cc1cc(C)c2c(c1C)-c1c(c(C)c(-c3c(C)c(C)c(N(c4c(C)c(C)c(C)c(C)c4C)c4c(C)c(C)c(C)c(C)c4C)c(C)c3C)c3ccccc13)C2(C)C. The Morgan fingerprint density at radius 1 is 0.321 bits per heavy atom. The standard InChI is InChI=1S/C55H65N/c1-26-25-27(2)50-48(28(26)3)49-45-24-22-21-23-44(45)47(43(18)51(49)55(50,19)20)46-35(10)41(16)54(42(17)36(46)11)56(52-37(12)31(6)29(4)32(7)38(52)13)53-39(14)33(8)30(5)34(9)40(53)15/h21-25H,1-20H3. The van der Waals surface area contributed by atoms with Crippen molar-refractivity contribution < 1.29 is 0 Å². The molecule has 0 N–H and O–H groups in total. The van der Waals surface area contributed by atoms with Gasteiger partial charge in [-0.05, 0) is 269 Å². The Morgan fingerprint density at radius 3 is 1.09 bits per heavy atom. The van der Waals surface area contributed by atoms with Gasteiger partial charge in [-0.2, -0.15) is 0 Å². The molecule has 0 spiro atoms. The summed E-state index contributed by atoms with van der Waals surface area (Å²) in [7, 11) is 0. The normalized spacial score (nSPS) is 13.1. The van der Waals surface area contributed by atoms with E-state index in [4.69, 9.17) is 0 Å². The number of aryl methyl sites for hydroxylation is 2. The fraction of sp³-hybridized carbons (Fsp3) is 0.382. The van der Waals surface area contributed by atoms with Crippen molar-refractivity contribution in [2.75, 3.05) is 4.90 Å². The first-order valence-corrected chi connectivity index (χ1v) is 20.8. The average molecular weight is 740 g/mol. The van der Waals surface area contributed by atoms with Crippen molar-refractivity contribution in [1.82, 2.24) is 0 Å². The van der Waals surface area contributed by atoms with Crippen LogP contribution in [-0.2, 0) is 5.41 Å².